The first kappa shape index (κ1) is 28.4. The van der Waals surface area contributed by atoms with E-state index in [1.165, 1.54) is 0 Å². The molecule has 5 aromatic carbocycles. The van der Waals surface area contributed by atoms with E-state index >= 15 is 0 Å². The van der Waals surface area contributed by atoms with Crippen LogP contribution in [0.5, 0.6) is 0 Å². The maximum atomic E-state index is 6.05. The fourth-order valence-electron chi connectivity index (χ4n) is 6.38. The molecule has 0 saturated carbocycles. The molecule has 8 heteroatoms. The van der Waals surface area contributed by atoms with E-state index in [2.05, 4.69) is 76.6 Å². The lowest BCUT2D eigenvalue weighted by atomic mass is 10.1. The summed E-state index contributed by atoms with van der Waals surface area (Å²) < 4.78 is 12.1. The third kappa shape index (κ3) is 4.89. The fraction of sp³-hybridized carbons (Fsp3) is 0. The van der Waals surface area contributed by atoms with Crippen LogP contribution in [0.1, 0.15) is 0 Å². The van der Waals surface area contributed by atoms with Gasteiger partial charge in [-0.05, 0) is 109 Å². The van der Waals surface area contributed by atoms with Gasteiger partial charge in [-0.25, -0.2) is 19.9 Å². The van der Waals surface area contributed by atoms with Gasteiger partial charge in [-0.15, -0.1) is 0 Å². The molecule has 7 nitrogen and oxygen atoms in total. The van der Waals surface area contributed by atoms with E-state index in [0.717, 1.165) is 82.1 Å². The van der Waals surface area contributed by atoms with Gasteiger partial charge in [0.05, 0.1) is 5.69 Å². The van der Waals surface area contributed by atoms with Crippen LogP contribution in [0, 0.1) is 0 Å². The van der Waals surface area contributed by atoms with E-state index in [-0.39, 0.29) is 0 Å². The van der Waals surface area contributed by atoms with Crippen molar-refractivity contribution in [3.8, 4) is 34.2 Å². The van der Waals surface area contributed by atoms with E-state index in [4.69, 9.17) is 23.8 Å². The first-order chi connectivity index (χ1) is 24.7. The predicted octanol–water partition coefficient (Wildman–Crippen LogP) is 11.6. The van der Waals surface area contributed by atoms with Gasteiger partial charge >= 0.3 is 0 Å². The molecule has 50 heavy (non-hydrogen) atoms. The average Bonchev–Trinajstić information content (AvgIpc) is 3.91. The van der Waals surface area contributed by atoms with Gasteiger partial charge in [0, 0.05) is 50.7 Å². The minimum atomic E-state index is 0.593. The normalized spacial score (nSPS) is 11.6. The number of fused-ring (bicyclic) bond motifs is 5. The smallest absolute Gasteiger partial charge is 0.227 e. The number of pyridine rings is 2. The molecule has 0 aliphatic carbocycles. The molecule has 0 aliphatic rings. The molecular formula is C42H25N5O2S. The lowest BCUT2D eigenvalue weighted by Gasteiger charge is -2.26. The summed E-state index contributed by atoms with van der Waals surface area (Å²) in [6.07, 6.45) is 1.83. The summed E-state index contributed by atoms with van der Waals surface area (Å²) in [5, 5.41) is 2.27. The molecule has 0 fully saturated rings. The highest BCUT2D eigenvalue weighted by molar-refractivity contribution is 7.25. The second kappa shape index (κ2) is 11.5. The molecule has 0 aliphatic heterocycles. The van der Waals surface area contributed by atoms with Gasteiger partial charge in [0.15, 0.2) is 11.2 Å². The molecule has 236 valence electrons. The summed E-state index contributed by atoms with van der Waals surface area (Å²) in [7, 11) is 0. The van der Waals surface area contributed by atoms with Crippen molar-refractivity contribution in [3.63, 3.8) is 0 Å². The number of benzene rings is 5. The van der Waals surface area contributed by atoms with Gasteiger partial charge in [-0.1, -0.05) is 47.7 Å². The predicted molar refractivity (Wildman–Crippen MR) is 201 cm³/mol. The summed E-state index contributed by atoms with van der Waals surface area (Å²) in [6.45, 7) is 0. The Kier molecular flexibility index (Phi) is 6.53. The Bertz CT molecular complexity index is 2640. The molecule has 10 aromatic rings. The van der Waals surface area contributed by atoms with Gasteiger partial charge in [-0.3, -0.25) is 0 Å². The lowest BCUT2D eigenvalue weighted by Crippen LogP contribution is -2.09. The Labute approximate surface area is 289 Å². The van der Waals surface area contributed by atoms with Crippen molar-refractivity contribution in [2.24, 2.45) is 0 Å². The van der Waals surface area contributed by atoms with E-state index in [9.17, 15) is 0 Å². The number of rotatable bonds is 6. The zero-order valence-corrected chi connectivity index (χ0v) is 27.2. The van der Waals surface area contributed by atoms with Crippen LogP contribution in [0.15, 0.2) is 161 Å². The largest absolute Gasteiger partial charge is 0.436 e. The van der Waals surface area contributed by atoms with Crippen molar-refractivity contribution in [1.82, 2.24) is 19.9 Å². The maximum Gasteiger partial charge on any atom is 0.227 e. The van der Waals surface area contributed by atoms with E-state index in [1.54, 1.807) is 11.3 Å². The summed E-state index contributed by atoms with van der Waals surface area (Å²) >= 11 is 1.62. The summed E-state index contributed by atoms with van der Waals surface area (Å²) in [6, 6.07) is 49.0. The van der Waals surface area contributed by atoms with Crippen LogP contribution >= 0.6 is 11.3 Å². The highest BCUT2D eigenvalue weighted by Crippen LogP contribution is 2.39. The van der Waals surface area contributed by atoms with Crippen molar-refractivity contribution in [3.05, 3.63) is 152 Å². The van der Waals surface area contributed by atoms with E-state index in [0.29, 0.717) is 11.8 Å². The number of hydrogen-bond acceptors (Lipinski definition) is 8. The molecule has 0 radical (unpaired) electrons. The van der Waals surface area contributed by atoms with E-state index in [1.807, 2.05) is 85.1 Å². The molecule has 10 rings (SSSR count). The molecule has 5 aromatic heterocycles. The quantitative estimate of drug-likeness (QED) is 0.175. The number of anilines is 3. The third-order valence-electron chi connectivity index (χ3n) is 8.87. The van der Waals surface area contributed by atoms with Crippen molar-refractivity contribution in [2.75, 3.05) is 4.90 Å². The maximum absolute atomic E-state index is 6.05. The van der Waals surface area contributed by atoms with Gasteiger partial charge in [-0.2, -0.15) is 0 Å². The first-order valence-corrected chi connectivity index (χ1v) is 17.0. The monoisotopic (exact) mass is 663 g/mol. The fourth-order valence-corrected chi connectivity index (χ4v) is 7.40. The Morgan fingerprint density at radius 1 is 0.440 bits per heavy atom. The zero-order chi connectivity index (χ0) is 33.0. The van der Waals surface area contributed by atoms with Crippen LogP contribution in [0.3, 0.4) is 0 Å². The van der Waals surface area contributed by atoms with Gasteiger partial charge in [0.2, 0.25) is 11.8 Å². The molecule has 0 atom stereocenters. The van der Waals surface area contributed by atoms with Crippen LogP contribution in [-0.4, -0.2) is 19.9 Å². The molecular weight excluding hydrogens is 639 g/mol. The van der Waals surface area contributed by atoms with Gasteiger partial charge < -0.3 is 13.7 Å². The number of para-hydroxylation sites is 4. The number of thiophene rings is 1. The van der Waals surface area contributed by atoms with Crippen molar-refractivity contribution in [2.45, 2.75) is 0 Å². The van der Waals surface area contributed by atoms with Crippen LogP contribution < -0.4 is 4.90 Å². The molecule has 0 unspecified atom stereocenters. The second-order valence-electron chi connectivity index (χ2n) is 12.0. The Morgan fingerprint density at radius 3 is 1.52 bits per heavy atom. The standard InChI is InChI=1S/C42H25N5O2S/c1-3-9-37-35(7-1)44-39(48-37)27-13-19-30(20-14-27)47(31-21-15-28(16-22-31)40-45-36-8-2-4-10-38(36)49-40)29-17-11-26(12-18-29)34-24-23-33-32-6-5-25-43-41(32)50-42(33)46-34/h1-25H. The SMILES string of the molecule is c1ccc2oc(-c3ccc(N(c4ccc(-c5ccc6c(n5)sc5ncccc56)cc4)c4ccc(-c5nc6ccccc6o5)cc4)cc3)nc2c1. The number of oxazole rings is 2. The Morgan fingerprint density at radius 2 is 0.960 bits per heavy atom. The van der Waals surface area contributed by atoms with E-state index < -0.39 is 0 Å². The Hall–Kier alpha value is -6.64. The number of nitrogens with zero attached hydrogens (tertiary/aromatic N) is 5. The minimum Gasteiger partial charge on any atom is -0.436 e. The topological polar surface area (TPSA) is 81.1 Å². The lowest BCUT2D eigenvalue weighted by molar-refractivity contribution is 0.619. The van der Waals surface area contributed by atoms with Crippen molar-refractivity contribution < 1.29 is 8.83 Å². The van der Waals surface area contributed by atoms with Crippen LogP contribution in [0.4, 0.5) is 17.1 Å². The summed E-state index contributed by atoms with van der Waals surface area (Å²) in [4.78, 5) is 23.1. The molecule has 0 N–H and O–H groups in total. The number of aromatic nitrogens is 4. The van der Waals surface area contributed by atoms with Crippen molar-refractivity contribution >= 4 is 71.0 Å². The average molecular weight is 664 g/mol. The number of hydrogen-bond donors (Lipinski definition) is 0. The molecule has 0 spiro atoms. The van der Waals surface area contributed by atoms with Crippen LogP contribution in [0.2, 0.25) is 0 Å². The Balaban J connectivity index is 1.02. The van der Waals surface area contributed by atoms with Crippen molar-refractivity contribution in [1.29, 1.82) is 0 Å². The second-order valence-corrected chi connectivity index (χ2v) is 12.9. The molecule has 0 bridgehead atoms. The van der Waals surface area contributed by atoms with Crippen LogP contribution in [0.25, 0.3) is 76.8 Å². The van der Waals surface area contributed by atoms with Crippen LogP contribution in [-0.2, 0) is 0 Å². The molecule has 0 saturated heterocycles. The summed E-state index contributed by atoms with van der Waals surface area (Å²) in [5.74, 6) is 1.19. The first-order valence-electron chi connectivity index (χ1n) is 16.2. The molecule has 0 amide bonds. The highest BCUT2D eigenvalue weighted by Gasteiger charge is 2.17. The summed E-state index contributed by atoms with van der Waals surface area (Å²) in [5.41, 5.74) is 9.98. The minimum absolute atomic E-state index is 0.593. The van der Waals surface area contributed by atoms with Gasteiger partial charge in [0.1, 0.15) is 20.7 Å². The highest BCUT2D eigenvalue weighted by atomic mass is 32.1. The molecule has 5 heterocycles. The zero-order valence-electron chi connectivity index (χ0n) is 26.4. The third-order valence-corrected chi connectivity index (χ3v) is 9.89. The van der Waals surface area contributed by atoms with Gasteiger partial charge in [0.25, 0.3) is 0 Å².